The van der Waals surface area contributed by atoms with Gasteiger partial charge in [-0.1, -0.05) is 36.4 Å². The topological polar surface area (TPSA) is 83.1 Å². The molecule has 2 aliphatic rings. The van der Waals surface area contributed by atoms with Gasteiger partial charge in [0.2, 0.25) is 6.79 Å². The number of piperazine rings is 1. The fourth-order valence-corrected chi connectivity index (χ4v) is 4.69. The highest BCUT2D eigenvalue weighted by Crippen LogP contribution is 2.35. The van der Waals surface area contributed by atoms with E-state index >= 15 is 0 Å². The van der Waals surface area contributed by atoms with Gasteiger partial charge in [0.15, 0.2) is 11.5 Å². The number of rotatable bonds is 6. The van der Waals surface area contributed by atoms with Crippen molar-refractivity contribution in [1.29, 1.82) is 0 Å². The average molecular weight is 487 g/mol. The summed E-state index contributed by atoms with van der Waals surface area (Å²) in [5.41, 5.74) is 3.81. The minimum absolute atomic E-state index is 0.117. The highest BCUT2D eigenvalue weighted by Gasteiger charge is 2.28. The van der Waals surface area contributed by atoms with Gasteiger partial charge in [0.25, 0.3) is 0 Å². The molecule has 0 bridgehead atoms. The van der Waals surface area contributed by atoms with Crippen LogP contribution in [0.5, 0.6) is 11.5 Å². The Kier molecular flexibility index (Phi) is 7.04. The summed E-state index contributed by atoms with van der Waals surface area (Å²) in [5.74, 6) is 0.0704. The summed E-state index contributed by atoms with van der Waals surface area (Å²) in [6.45, 7) is 5.81. The number of amides is 2. The number of carbonyl (C=O) groups is 2. The Bertz CT molecular complexity index is 1230. The maximum Gasteiger partial charge on any atom is 0.313 e. The number of hydrogen-bond acceptors (Lipinski definition) is 6. The van der Waals surface area contributed by atoms with Gasteiger partial charge in [0, 0.05) is 44.1 Å². The van der Waals surface area contributed by atoms with Crippen LogP contribution in [0, 0.1) is 6.92 Å². The van der Waals surface area contributed by atoms with E-state index in [0.29, 0.717) is 23.7 Å². The van der Waals surface area contributed by atoms with E-state index in [1.54, 1.807) is 6.07 Å². The molecule has 2 amide bonds. The average Bonchev–Trinajstić information content (AvgIpc) is 3.38. The Labute approximate surface area is 210 Å². The molecule has 2 aliphatic heterocycles. The molecule has 3 aromatic carbocycles. The molecule has 0 spiro atoms. The maximum absolute atomic E-state index is 12.7. The van der Waals surface area contributed by atoms with Crippen LogP contribution in [-0.4, -0.2) is 56.2 Å². The molecule has 0 aliphatic carbocycles. The fourth-order valence-electron chi connectivity index (χ4n) is 4.69. The Balaban J connectivity index is 1.27. The van der Waals surface area contributed by atoms with Gasteiger partial charge >= 0.3 is 11.8 Å². The quantitative estimate of drug-likeness (QED) is 0.520. The monoisotopic (exact) mass is 486 g/mol. The van der Waals surface area contributed by atoms with Crippen molar-refractivity contribution in [3.05, 3.63) is 83.9 Å². The number of ether oxygens (including phenoxy) is 2. The van der Waals surface area contributed by atoms with Crippen molar-refractivity contribution in [1.82, 2.24) is 10.2 Å². The summed E-state index contributed by atoms with van der Waals surface area (Å²) < 4.78 is 11.1. The third-order valence-corrected chi connectivity index (χ3v) is 6.60. The summed E-state index contributed by atoms with van der Waals surface area (Å²) in [6.07, 6.45) is 0. The van der Waals surface area contributed by atoms with E-state index in [1.807, 2.05) is 49.4 Å². The lowest BCUT2D eigenvalue weighted by Crippen LogP contribution is -2.50. The predicted molar refractivity (Wildman–Crippen MR) is 138 cm³/mol. The molecule has 8 nitrogen and oxygen atoms in total. The van der Waals surface area contributed by atoms with Gasteiger partial charge in [-0.2, -0.15) is 0 Å². The van der Waals surface area contributed by atoms with E-state index in [4.69, 9.17) is 9.47 Å². The first-order chi connectivity index (χ1) is 17.6. The third-order valence-electron chi connectivity index (χ3n) is 6.60. The lowest BCUT2D eigenvalue weighted by Gasteiger charge is -2.40. The van der Waals surface area contributed by atoms with Gasteiger partial charge in [-0.25, -0.2) is 0 Å². The van der Waals surface area contributed by atoms with Gasteiger partial charge in [0.05, 0.1) is 6.04 Å². The maximum atomic E-state index is 12.7. The molecule has 0 saturated carbocycles. The number of anilines is 2. The van der Waals surface area contributed by atoms with E-state index < -0.39 is 11.8 Å². The molecule has 2 N–H and O–H groups in total. The van der Waals surface area contributed by atoms with Gasteiger partial charge in [-0.05, 0) is 54.4 Å². The van der Waals surface area contributed by atoms with E-state index in [2.05, 4.69) is 44.7 Å². The number of hydrogen-bond donors (Lipinski definition) is 2. The molecule has 0 radical (unpaired) electrons. The van der Waals surface area contributed by atoms with Crippen LogP contribution < -0.4 is 25.0 Å². The van der Waals surface area contributed by atoms with E-state index in [9.17, 15) is 9.59 Å². The molecule has 0 unspecified atom stereocenters. The molecule has 8 heteroatoms. The number of nitrogens with one attached hydrogen (secondary N) is 2. The van der Waals surface area contributed by atoms with Crippen molar-refractivity contribution in [3.8, 4) is 11.5 Å². The van der Waals surface area contributed by atoms with Crippen LogP contribution in [-0.2, 0) is 9.59 Å². The second kappa shape index (κ2) is 10.7. The minimum atomic E-state index is -0.682. The molecule has 0 aromatic heterocycles. The second-order valence-electron chi connectivity index (χ2n) is 9.02. The summed E-state index contributed by atoms with van der Waals surface area (Å²) in [7, 11) is 0. The molecule has 1 saturated heterocycles. The van der Waals surface area contributed by atoms with E-state index in [-0.39, 0.29) is 12.8 Å². The third kappa shape index (κ3) is 5.44. The lowest BCUT2D eigenvalue weighted by molar-refractivity contribution is -0.136. The Hall–Kier alpha value is -4.04. The second-order valence-corrected chi connectivity index (χ2v) is 9.02. The molecule has 1 fully saturated rings. The van der Waals surface area contributed by atoms with Crippen LogP contribution in [0.4, 0.5) is 11.4 Å². The van der Waals surface area contributed by atoms with E-state index in [1.165, 1.54) is 5.69 Å². The van der Waals surface area contributed by atoms with Gasteiger partial charge in [0.1, 0.15) is 0 Å². The molecular weight excluding hydrogens is 456 g/mol. The number of aryl methyl sites for hydroxylation is 1. The predicted octanol–water partition coefficient (Wildman–Crippen LogP) is 3.34. The first kappa shape index (κ1) is 23.7. The number of fused-ring (bicyclic) bond motifs is 1. The summed E-state index contributed by atoms with van der Waals surface area (Å²) in [5, 5.41) is 5.52. The Morgan fingerprint density at radius 2 is 1.64 bits per heavy atom. The van der Waals surface area contributed by atoms with Crippen molar-refractivity contribution in [3.63, 3.8) is 0 Å². The lowest BCUT2D eigenvalue weighted by atomic mass is 10.0. The highest BCUT2D eigenvalue weighted by molar-refractivity contribution is 6.39. The Morgan fingerprint density at radius 3 is 2.42 bits per heavy atom. The zero-order chi connectivity index (χ0) is 24.9. The molecule has 2 heterocycles. The number of carbonyl (C=O) groups excluding carboxylic acids is 2. The summed E-state index contributed by atoms with van der Waals surface area (Å²) in [4.78, 5) is 29.9. The van der Waals surface area contributed by atoms with Crippen LogP contribution in [0.15, 0.2) is 72.8 Å². The number of para-hydroxylation sites is 1. The van der Waals surface area contributed by atoms with Gasteiger partial charge in [-0.3, -0.25) is 14.5 Å². The fraction of sp³-hybridized carbons (Fsp3) is 0.286. The first-order valence-electron chi connectivity index (χ1n) is 12.2. The van der Waals surface area contributed by atoms with Crippen LogP contribution in [0.2, 0.25) is 0 Å². The highest BCUT2D eigenvalue weighted by atomic mass is 16.7. The summed E-state index contributed by atoms with van der Waals surface area (Å²) in [6, 6.07) is 23.5. The van der Waals surface area contributed by atoms with Crippen LogP contribution >= 0.6 is 0 Å². The molecule has 1 atom stereocenters. The molecule has 36 heavy (non-hydrogen) atoms. The largest absolute Gasteiger partial charge is 0.454 e. The molecule has 5 rings (SSSR count). The first-order valence-corrected chi connectivity index (χ1v) is 12.2. The smallest absolute Gasteiger partial charge is 0.313 e. The summed E-state index contributed by atoms with van der Waals surface area (Å²) >= 11 is 0. The van der Waals surface area contributed by atoms with Crippen molar-refractivity contribution in [2.45, 2.75) is 13.0 Å². The van der Waals surface area contributed by atoms with Gasteiger partial charge < -0.3 is 25.0 Å². The van der Waals surface area contributed by atoms with E-state index in [0.717, 1.165) is 37.3 Å². The van der Waals surface area contributed by atoms with Gasteiger partial charge in [-0.15, -0.1) is 0 Å². The van der Waals surface area contributed by atoms with Crippen LogP contribution in [0.3, 0.4) is 0 Å². The SMILES string of the molecule is Cc1cccc(NC(=O)C(=O)NC[C@H](c2ccc3c(c2)OCO3)N2CCN(c3ccccc3)CC2)c1. The van der Waals surface area contributed by atoms with Crippen molar-refractivity contribution in [2.75, 3.05) is 49.7 Å². The number of nitrogens with zero attached hydrogens (tertiary/aromatic N) is 2. The molecule has 3 aromatic rings. The van der Waals surface area contributed by atoms with Crippen LogP contribution in [0.25, 0.3) is 0 Å². The zero-order valence-corrected chi connectivity index (χ0v) is 20.3. The van der Waals surface area contributed by atoms with Crippen molar-refractivity contribution < 1.29 is 19.1 Å². The van der Waals surface area contributed by atoms with Crippen molar-refractivity contribution >= 4 is 23.2 Å². The van der Waals surface area contributed by atoms with Crippen LogP contribution in [0.1, 0.15) is 17.2 Å². The normalized spacial score (nSPS) is 15.9. The standard InChI is InChI=1S/C28H30N4O4/c1-20-6-5-7-22(16-20)30-28(34)27(33)29-18-24(21-10-11-25-26(17-21)36-19-35-25)32-14-12-31(13-15-32)23-8-3-2-4-9-23/h2-11,16-17,24H,12-15,18-19H2,1H3,(H,29,33)(H,30,34)/t24-/m1/s1. The van der Waals surface area contributed by atoms with Crippen molar-refractivity contribution in [2.24, 2.45) is 0 Å². The molecule has 186 valence electrons. The minimum Gasteiger partial charge on any atom is -0.454 e. The Morgan fingerprint density at radius 1 is 0.861 bits per heavy atom. The zero-order valence-electron chi connectivity index (χ0n) is 20.3. The molecular formula is C28H30N4O4. The number of benzene rings is 3.